The van der Waals surface area contributed by atoms with Crippen molar-refractivity contribution in [3.8, 4) is 5.75 Å². The summed E-state index contributed by atoms with van der Waals surface area (Å²) in [6.45, 7) is 2.24. The molecule has 1 aromatic rings. The van der Waals surface area contributed by atoms with Crippen LogP contribution in [0.25, 0.3) is 0 Å². The fourth-order valence-corrected chi connectivity index (χ4v) is 1.77. The molecule has 0 unspecified atom stereocenters. The zero-order chi connectivity index (χ0) is 10.9. The third kappa shape index (κ3) is 6.98. The Morgan fingerprint density at radius 2 is 1.44 bits per heavy atom. The van der Waals surface area contributed by atoms with Gasteiger partial charge in [0.05, 0.1) is 0 Å². The van der Waals surface area contributed by atoms with Gasteiger partial charge in [-0.3, -0.25) is 0 Å². The molecule has 0 aliphatic rings. The summed E-state index contributed by atoms with van der Waals surface area (Å²) in [5.74, 6) is 0.113. The molecule has 0 fully saturated rings. The van der Waals surface area contributed by atoms with Gasteiger partial charge < -0.3 is 5.11 Å². The van der Waals surface area contributed by atoms with Crippen molar-refractivity contribution in [1.29, 1.82) is 0 Å². The van der Waals surface area contributed by atoms with Gasteiger partial charge in [-0.15, -0.1) is 5.75 Å². The van der Waals surface area contributed by atoms with Gasteiger partial charge in [0, 0.05) is 0 Å². The van der Waals surface area contributed by atoms with Crippen LogP contribution < -0.4 is 24.0 Å². The second kappa shape index (κ2) is 9.82. The Morgan fingerprint density at radius 1 is 0.875 bits per heavy atom. The molecular formula is C14H21LiO. The second-order valence-corrected chi connectivity index (χ2v) is 4.16. The molecule has 1 nitrogen and oxygen atoms in total. The smallest absolute Gasteiger partial charge is 0.872 e. The van der Waals surface area contributed by atoms with Gasteiger partial charge >= 0.3 is 18.9 Å². The minimum Gasteiger partial charge on any atom is -0.872 e. The Bertz CT molecular complexity index is 256. The van der Waals surface area contributed by atoms with Crippen molar-refractivity contribution in [2.45, 2.75) is 51.9 Å². The van der Waals surface area contributed by atoms with E-state index in [1.807, 2.05) is 12.1 Å². The van der Waals surface area contributed by atoms with E-state index in [2.05, 4.69) is 6.92 Å². The van der Waals surface area contributed by atoms with Crippen LogP contribution in [-0.2, 0) is 6.42 Å². The average Bonchev–Trinajstić information content (AvgIpc) is 2.26. The van der Waals surface area contributed by atoms with E-state index < -0.39 is 0 Å². The molecule has 16 heavy (non-hydrogen) atoms. The Morgan fingerprint density at radius 3 is 2.06 bits per heavy atom. The first-order valence-electron chi connectivity index (χ1n) is 6.09. The molecule has 0 spiro atoms. The summed E-state index contributed by atoms with van der Waals surface area (Å²) in [7, 11) is 0. The Labute approximate surface area is 111 Å². The van der Waals surface area contributed by atoms with Gasteiger partial charge in [-0.1, -0.05) is 63.3 Å². The first-order valence-corrected chi connectivity index (χ1v) is 6.09. The van der Waals surface area contributed by atoms with E-state index in [1.54, 1.807) is 12.1 Å². The van der Waals surface area contributed by atoms with Crippen molar-refractivity contribution in [1.82, 2.24) is 0 Å². The largest absolute Gasteiger partial charge is 1.00 e. The minimum absolute atomic E-state index is 0. The molecule has 0 saturated carbocycles. The normalized spacial score (nSPS) is 9.81. The van der Waals surface area contributed by atoms with Crippen molar-refractivity contribution in [3.05, 3.63) is 29.8 Å². The fraction of sp³-hybridized carbons (Fsp3) is 0.571. The predicted octanol–water partition coefficient (Wildman–Crippen LogP) is 0.667. The number of unbranched alkanes of at least 4 members (excludes halogenated alkanes) is 5. The molecule has 0 heterocycles. The molecular weight excluding hydrogens is 191 g/mol. The number of aryl methyl sites for hydroxylation is 1. The van der Waals surface area contributed by atoms with Crippen molar-refractivity contribution in [2.75, 3.05) is 0 Å². The standard InChI is InChI=1S/C14H22O.Li/c1-2-3-4-5-6-7-8-13-9-11-14(15)12-10-13;/h9-12,15H,2-8H2,1H3;/q;+1/p-1. The number of rotatable bonds is 7. The molecule has 1 rings (SSSR count). The van der Waals surface area contributed by atoms with Gasteiger partial charge in [-0.05, 0) is 18.4 Å². The molecule has 0 bridgehead atoms. The molecule has 0 atom stereocenters. The van der Waals surface area contributed by atoms with Crippen LogP contribution in [0.15, 0.2) is 24.3 Å². The zero-order valence-corrected chi connectivity index (χ0v) is 10.7. The second-order valence-electron chi connectivity index (χ2n) is 4.16. The third-order valence-electron chi connectivity index (χ3n) is 2.74. The van der Waals surface area contributed by atoms with Crippen LogP contribution in [0, 0.1) is 0 Å². The van der Waals surface area contributed by atoms with E-state index in [9.17, 15) is 5.11 Å². The summed E-state index contributed by atoms with van der Waals surface area (Å²) < 4.78 is 0. The molecule has 0 amide bonds. The quantitative estimate of drug-likeness (QED) is 0.481. The number of hydrogen-bond acceptors (Lipinski definition) is 1. The van der Waals surface area contributed by atoms with E-state index in [0.29, 0.717) is 0 Å². The van der Waals surface area contributed by atoms with E-state index >= 15 is 0 Å². The first kappa shape index (κ1) is 15.6. The minimum atomic E-state index is 0. The van der Waals surface area contributed by atoms with Crippen molar-refractivity contribution < 1.29 is 24.0 Å². The van der Waals surface area contributed by atoms with Crippen LogP contribution in [0.3, 0.4) is 0 Å². The summed E-state index contributed by atoms with van der Waals surface area (Å²) in [5, 5.41) is 10.9. The van der Waals surface area contributed by atoms with Gasteiger partial charge in [0.25, 0.3) is 0 Å². The first-order chi connectivity index (χ1) is 7.33. The monoisotopic (exact) mass is 212 g/mol. The Hall–Kier alpha value is -0.383. The zero-order valence-electron chi connectivity index (χ0n) is 10.7. The van der Waals surface area contributed by atoms with Crippen molar-refractivity contribution >= 4 is 0 Å². The van der Waals surface area contributed by atoms with Crippen LogP contribution in [0.1, 0.15) is 51.0 Å². The number of hydrogen-bond donors (Lipinski definition) is 0. The molecule has 84 valence electrons. The van der Waals surface area contributed by atoms with Crippen LogP contribution in [0.4, 0.5) is 0 Å². The SMILES string of the molecule is CCCCCCCCc1ccc([O-])cc1.[Li+]. The molecule has 0 aliphatic carbocycles. The van der Waals surface area contributed by atoms with Gasteiger partial charge in [0.2, 0.25) is 0 Å². The Balaban J connectivity index is 0.00000225. The predicted molar refractivity (Wildman–Crippen MR) is 63.0 cm³/mol. The maximum atomic E-state index is 10.9. The maximum absolute atomic E-state index is 10.9. The Kier molecular flexibility index (Phi) is 9.58. The molecule has 0 N–H and O–H groups in total. The van der Waals surface area contributed by atoms with Gasteiger partial charge in [-0.25, -0.2) is 0 Å². The van der Waals surface area contributed by atoms with E-state index in [4.69, 9.17) is 0 Å². The molecule has 2 heteroatoms. The molecule has 0 radical (unpaired) electrons. The van der Waals surface area contributed by atoms with E-state index in [1.165, 1.54) is 44.1 Å². The van der Waals surface area contributed by atoms with Crippen molar-refractivity contribution in [2.24, 2.45) is 0 Å². The van der Waals surface area contributed by atoms with Gasteiger partial charge in [0.15, 0.2) is 0 Å². The molecule has 0 aromatic heterocycles. The van der Waals surface area contributed by atoms with Gasteiger partial charge in [0.1, 0.15) is 0 Å². The molecule has 0 saturated heterocycles. The molecule has 1 aromatic carbocycles. The van der Waals surface area contributed by atoms with E-state index in [-0.39, 0.29) is 24.6 Å². The van der Waals surface area contributed by atoms with E-state index in [0.717, 1.165) is 6.42 Å². The molecule has 0 aliphatic heterocycles. The van der Waals surface area contributed by atoms with Crippen LogP contribution >= 0.6 is 0 Å². The summed E-state index contributed by atoms with van der Waals surface area (Å²) in [5.41, 5.74) is 1.30. The fourth-order valence-electron chi connectivity index (χ4n) is 1.77. The van der Waals surface area contributed by atoms with Crippen LogP contribution in [-0.4, -0.2) is 0 Å². The van der Waals surface area contributed by atoms with Gasteiger partial charge in [-0.2, -0.15) is 0 Å². The summed E-state index contributed by atoms with van der Waals surface area (Å²) in [6, 6.07) is 7.22. The topological polar surface area (TPSA) is 23.1 Å². The van der Waals surface area contributed by atoms with Crippen LogP contribution in [0.5, 0.6) is 5.75 Å². The summed E-state index contributed by atoms with van der Waals surface area (Å²) in [6.07, 6.45) is 9.09. The van der Waals surface area contributed by atoms with Crippen molar-refractivity contribution in [3.63, 3.8) is 0 Å². The summed E-state index contributed by atoms with van der Waals surface area (Å²) in [4.78, 5) is 0. The number of benzene rings is 1. The third-order valence-corrected chi connectivity index (χ3v) is 2.74. The maximum Gasteiger partial charge on any atom is 1.00 e. The summed E-state index contributed by atoms with van der Waals surface area (Å²) >= 11 is 0. The average molecular weight is 212 g/mol. The van der Waals surface area contributed by atoms with Crippen LogP contribution in [0.2, 0.25) is 0 Å².